The Morgan fingerprint density at radius 3 is 2.32 bits per heavy atom. The number of nitrogens with one attached hydrogen (secondary N) is 1. The highest BCUT2D eigenvalue weighted by Crippen LogP contribution is 2.12. The van der Waals surface area contributed by atoms with Gasteiger partial charge in [0, 0.05) is 58.1 Å². The molecule has 1 aliphatic rings. The SMILES string of the molecule is CCOC(=O)N1CCN(C(=NC)NCc2c(C)nn(C)c2C)CC1.I. The Morgan fingerprint density at radius 1 is 1.24 bits per heavy atom. The van der Waals surface area contributed by atoms with Crippen LogP contribution in [-0.2, 0) is 18.3 Å². The molecule has 0 aromatic carbocycles. The van der Waals surface area contributed by atoms with Crippen LogP contribution in [0.1, 0.15) is 23.9 Å². The van der Waals surface area contributed by atoms with Crippen LogP contribution in [0.2, 0.25) is 0 Å². The molecule has 1 aromatic rings. The quantitative estimate of drug-likeness (QED) is 0.417. The monoisotopic (exact) mass is 464 g/mol. The molecule has 1 amide bonds. The van der Waals surface area contributed by atoms with Crippen LogP contribution in [0.5, 0.6) is 0 Å². The number of piperazine rings is 1. The Kier molecular flexibility index (Phi) is 8.46. The number of carbonyl (C=O) groups excluding carboxylic acids is 1. The lowest BCUT2D eigenvalue weighted by Crippen LogP contribution is -2.53. The number of hydrogen-bond acceptors (Lipinski definition) is 4. The third kappa shape index (κ3) is 5.23. The fraction of sp³-hybridized carbons (Fsp3) is 0.688. The maximum Gasteiger partial charge on any atom is 0.409 e. The zero-order valence-corrected chi connectivity index (χ0v) is 18.0. The van der Waals surface area contributed by atoms with E-state index in [2.05, 4.69) is 27.2 Å². The molecule has 1 aromatic heterocycles. The lowest BCUT2D eigenvalue weighted by Gasteiger charge is -2.35. The molecule has 0 saturated carbocycles. The smallest absolute Gasteiger partial charge is 0.409 e. The third-order valence-electron chi connectivity index (χ3n) is 4.40. The van der Waals surface area contributed by atoms with Crippen molar-refractivity contribution in [1.82, 2.24) is 24.9 Å². The molecule has 1 saturated heterocycles. The molecule has 0 aliphatic carbocycles. The van der Waals surface area contributed by atoms with Crippen LogP contribution in [0.25, 0.3) is 0 Å². The number of rotatable bonds is 3. The van der Waals surface area contributed by atoms with Crippen LogP contribution in [0.15, 0.2) is 4.99 Å². The Labute approximate surface area is 166 Å². The molecule has 25 heavy (non-hydrogen) atoms. The number of aliphatic imine (C=N–C) groups is 1. The van der Waals surface area contributed by atoms with Crippen molar-refractivity contribution in [3.8, 4) is 0 Å². The van der Waals surface area contributed by atoms with Gasteiger partial charge in [-0.3, -0.25) is 9.67 Å². The van der Waals surface area contributed by atoms with Crippen molar-refractivity contribution < 1.29 is 9.53 Å². The minimum Gasteiger partial charge on any atom is -0.450 e. The summed E-state index contributed by atoms with van der Waals surface area (Å²) in [7, 11) is 3.73. The summed E-state index contributed by atoms with van der Waals surface area (Å²) in [6.45, 7) is 9.77. The predicted octanol–water partition coefficient (Wildman–Crippen LogP) is 1.50. The van der Waals surface area contributed by atoms with Gasteiger partial charge in [0.05, 0.1) is 12.3 Å². The number of carbonyl (C=O) groups is 1. The Bertz CT molecular complexity index is 608. The van der Waals surface area contributed by atoms with Crippen molar-refractivity contribution in [3.05, 3.63) is 17.0 Å². The second-order valence-corrected chi connectivity index (χ2v) is 5.85. The third-order valence-corrected chi connectivity index (χ3v) is 4.40. The van der Waals surface area contributed by atoms with Gasteiger partial charge in [-0.2, -0.15) is 5.10 Å². The molecule has 0 atom stereocenters. The highest BCUT2D eigenvalue weighted by atomic mass is 127. The van der Waals surface area contributed by atoms with Crippen molar-refractivity contribution in [1.29, 1.82) is 0 Å². The van der Waals surface area contributed by atoms with Crippen molar-refractivity contribution >= 4 is 36.0 Å². The summed E-state index contributed by atoms with van der Waals surface area (Å²) in [4.78, 5) is 20.0. The minimum atomic E-state index is -0.235. The molecule has 1 aliphatic heterocycles. The molecule has 0 spiro atoms. The number of ether oxygens (including phenoxy) is 1. The summed E-state index contributed by atoms with van der Waals surface area (Å²) < 4.78 is 6.95. The van der Waals surface area contributed by atoms with E-state index in [1.165, 1.54) is 5.56 Å². The van der Waals surface area contributed by atoms with Crippen molar-refractivity contribution in [2.75, 3.05) is 39.8 Å². The Morgan fingerprint density at radius 2 is 1.84 bits per heavy atom. The average Bonchev–Trinajstić information content (AvgIpc) is 2.82. The molecule has 1 N–H and O–H groups in total. The Hall–Kier alpha value is -1.52. The molecule has 0 radical (unpaired) electrons. The molecular weight excluding hydrogens is 435 g/mol. The number of halogens is 1. The Balaban J connectivity index is 0.00000312. The van der Waals surface area contributed by atoms with E-state index in [4.69, 9.17) is 4.74 Å². The van der Waals surface area contributed by atoms with Gasteiger partial charge >= 0.3 is 6.09 Å². The fourth-order valence-electron chi connectivity index (χ4n) is 2.89. The van der Waals surface area contributed by atoms with Gasteiger partial charge in [-0.15, -0.1) is 24.0 Å². The lowest BCUT2D eigenvalue weighted by molar-refractivity contribution is 0.0914. The lowest BCUT2D eigenvalue weighted by atomic mass is 10.2. The zero-order valence-electron chi connectivity index (χ0n) is 15.7. The largest absolute Gasteiger partial charge is 0.450 e. The number of guanidine groups is 1. The molecule has 8 nitrogen and oxygen atoms in total. The maximum atomic E-state index is 11.8. The zero-order chi connectivity index (χ0) is 17.7. The molecule has 1 fully saturated rings. The molecular formula is C16H29IN6O2. The summed E-state index contributed by atoms with van der Waals surface area (Å²) in [6.07, 6.45) is -0.235. The van der Waals surface area contributed by atoms with E-state index >= 15 is 0 Å². The second kappa shape index (κ2) is 9.83. The summed E-state index contributed by atoms with van der Waals surface area (Å²) in [5, 5.41) is 7.85. The van der Waals surface area contributed by atoms with E-state index < -0.39 is 0 Å². The van der Waals surface area contributed by atoms with Crippen LogP contribution in [0.4, 0.5) is 4.79 Å². The summed E-state index contributed by atoms with van der Waals surface area (Å²) in [5.41, 5.74) is 3.39. The van der Waals surface area contributed by atoms with E-state index in [1.54, 1.807) is 11.9 Å². The van der Waals surface area contributed by atoms with E-state index in [0.29, 0.717) is 26.2 Å². The molecule has 0 bridgehead atoms. The first-order chi connectivity index (χ1) is 11.5. The van der Waals surface area contributed by atoms with Crippen molar-refractivity contribution in [2.24, 2.45) is 12.0 Å². The summed E-state index contributed by atoms with van der Waals surface area (Å²) >= 11 is 0. The molecule has 0 unspecified atom stereocenters. The predicted molar refractivity (Wildman–Crippen MR) is 108 cm³/mol. The van der Waals surface area contributed by atoms with E-state index in [9.17, 15) is 4.79 Å². The molecule has 142 valence electrons. The van der Waals surface area contributed by atoms with Crippen molar-refractivity contribution in [3.63, 3.8) is 0 Å². The summed E-state index contributed by atoms with van der Waals surface area (Å²) in [5.74, 6) is 0.848. The maximum absolute atomic E-state index is 11.8. The first-order valence-electron chi connectivity index (χ1n) is 8.34. The van der Waals surface area contributed by atoms with Crippen LogP contribution in [0, 0.1) is 13.8 Å². The van der Waals surface area contributed by atoms with Gasteiger partial charge in [0.1, 0.15) is 0 Å². The van der Waals surface area contributed by atoms with Gasteiger partial charge in [0.15, 0.2) is 5.96 Å². The molecule has 9 heteroatoms. The van der Waals surface area contributed by atoms with Crippen LogP contribution in [0.3, 0.4) is 0 Å². The summed E-state index contributed by atoms with van der Waals surface area (Å²) in [6, 6.07) is 0. The van der Waals surface area contributed by atoms with Gasteiger partial charge in [-0.1, -0.05) is 0 Å². The van der Waals surface area contributed by atoms with E-state index in [-0.39, 0.29) is 30.1 Å². The number of aromatic nitrogens is 2. The van der Waals surface area contributed by atoms with Crippen LogP contribution >= 0.6 is 24.0 Å². The van der Waals surface area contributed by atoms with Gasteiger partial charge in [0.25, 0.3) is 0 Å². The van der Waals surface area contributed by atoms with Crippen molar-refractivity contribution in [2.45, 2.75) is 27.3 Å². The first kappa shape index (κ1) is 21.5. The molecule has 2 heterocycles. The number of amides is 1. The number of aryl methyl sites for hydroxylation is 2. The van der Waals surface area contributed by atoms with Gasteiger partial charge in [0.2, 0.25) is 0 Å². The van der Waals surface area contributed by atoms with Crippen LogP contribution < -0.4 is 5.32 Å². The van der Waals surface area contributed by atoms with E-state index in [0.717, 1.165) is 30.4 Å². The standard InChI is InChI=1S/C16H28N6O2.HI/c1-6-24-16(23)22-9-7-21(8-10-22)15(17-4)18-11-14-12(2)19-20(5)13(14)3;/h6-11H2,1-5H3,(H,17,18);1H. The normalized spacial score (nSPS) is 15.0. The minimum absolute atomic E-state index is 0. The highest BCUT2D eigenvalue weighted by Gasteiger charge is 2.23. The fourth-order valence-corrected chi connectivity index (χ4v) is 2.89. The van der Waals surface area contributed by atoms with Gasteiger partial charge < -0.3 is 19.9 Å². The highest BCUT2D eigenvalue weighted by molar-refractivity contribution is 14.0. The van der Waals surface area contributed by atoms with E-state index in [1.807, 2.05) is 25.6 Å². The van der Waals surface area contributed by atoms with Crippen LogP contribution in [-0.4, -0.2) is 71.5 Å². The topological polar surface area (TPSA) is 75.0 Å². The van der Waals surface area contributed by atoms with Gasteiger partial charge in [-0.25, -0.2) is 4.79 Å². The first-order valence-corrected chi connectivity index (χ1v) is 8.34. The average molecular weight is 464 g/mol. The van der Waals surface area contributed by atoms with Gasteiger partial charge in [-0.05, 0) is 20.8 Å². The molecule has 2 rings (SSSR count). The second-order valence-electron chi connectivity index (χ2n) is 5.85. The number of hydrogen-bond donors (Lipinski definition) is 1. The number of nitrogens with zero attached hydrogens (tertiary/aromatic N) is 5.